The fourth-order valence-electron chi connectivity index (χ4n) is 13.2. The molecular formula is C64H36BN3. The Labute approximate surface area is 391 Å². The smallest absolute Gasteiger partial charge is 0.252 e. The van der Waals surface area contributed by atoms with Crippen LogP contribution in [0.15, 0.2) is 218 Å². The van der Waals surface area contributed by atoms with Gasteiger partial charge >= 0.3 is 0 Å². The molecule has 2 aliphatic heterocycles. The molecule has 0 saturated carbocycles. The van der Waals surface area contributed by atoms with Crippen LogP contribution in [0.4, 0.5) is 0 Å². The van der Waals surface area contributed by atoms with E-state index in [1.54, 1.807) is 0 Å². The van der Waals surface area contributed by atoms with Gasteiger partial charge in [-0.2, -0.15) is 0 Å². The van der Waals surface area contributed by atoms with Crippen molar-refractivity contribution in [2.45, 2.75) is 0 Å². The molecule has 17 rings (SSSR count). The van der Waals surface area contributed by atoms with E-state index in [4.69, 9.17) is 0 Å². The summed E-state index contributed by atoms with van der Waals surface area (Å²) in [5.41, 5.74) is 25.3. The van der Waals surface area contributed by atoms with E-state index in [9.17, 15) is 0 Å². The summed E-state index contributed by atoms with van der Waals surface area (Å²) >= 11 is 0. The van der Waals surface area contributed by atoms with Crippen LogP contribution in [0, 0.1) is 0 Å². The number of para-hydroxylation sites is 2. The van der Waals surface area contributed by atoms with Crippen LogP contribution >= 0.6 is 0 Å². The molecule has 3 nitrogen and oxygen atoms in total. The lowest BCUT2D eigenvalue weighted by atomic mass is 9.34. The normalized spacial score (nSPS) is 13.0. The average Bonchev–Trinajstić information content (AvgIpc) is 4.03. The van der Waals surface area contributed by atoms with E-state index in [2.05, 4.69) is 232 Å². The van der Waals surface area contributed by atoms with Crippen LogP contribution in [0.1, 0.15) is 0 Å². The Hall–Kier alpha value is -8.86. The van der Waals surface area contributed by atoms with Crippen molar-refractivity contribution in [1.82, 2.24) is 13.7 Å². The monoisotopic (exact) mass is 857 g/mol. The van der Waals surface area contributed by atoms with Gasteiger partial charge < -0.3 is 13.7 Å². The highest BCUT2D eigenvalue weighted by Gasteiger charge is 2.42. The van der Waals surface area contributed by atoms with Gasteiger partial charge in [-0.3, -0.25) is 0 Å². The lowest BCUT2D eigenvalue weighted by Crippen LogP contribution is -2.59. The molecule has 0 bridgehead atoms. The van der Waals surface area contributed by atoms with Crippen molar-refractivity contribution in [2.24, 2.45) is 0 Å². The fraction of sp³-hybridized carbons (Fsp3) is 0. The molecule has 0 N–H and O–H groups in total. The number of nitrogens with zero attached hydrogens (tertiary/aromatic N) is 3. The first-order chi connectivity index (χ1) is 33.8. The van der Waals surface area contributed by atoms with E-state index in [-0.39, 0.29) is 6.71 Å². The van der Waals surface area contributed by atoms with Gasteiger partial charge in [-0.05, 0) is 120 Å². The zero-order valence-electron chi connectivity index (χ0n) is 36.7. The van der Waals surface area contributed by atoms with Crippen LogP contribution < -0.4 is 16.4 Å². The molecule has 5 heterocycles. The van der Waals surface area contributed by atoms with Gasteiger partial charge in [0, 0.05) is 49.2 Å². The van der Waals surface area contributed by atoms with Gasteiger partial charge in [-0.25, -0.2) is 0 Å². The summed E-state index contributed by atoms with van der Waals surface area (Å²) in [4.78, 5) is 0. The second kappa shape index (κ2) is 12.5. The Bertz CT molecular complexity index is 4510. The van der Waals surface area contributed by atoms with Gasteiger partial charge in [0.15, 0.2) is 0 Å². The number of hydrogen-bond donors (Lipinski definition) is 0. The predicted molar refractivity (Wildman–Crippen MR) is 287 cm³/mol. The topological polar surface area (TPSA) is 14.8 Å². The Balaban J connectivity index is 1.06. The second-order valence-corrected chi connectivity index (χ2v) is 19.1. The van der Waals surface area contributed by atoms with E-state index in [1.165, 1.54) is 148 Å². The third-order valence-corrected chi connectivity index (χ3v) is 15.9. The number of fused-ring (bicyclic) bond motifs is 14. The fourth-order valence-corrected chi connectivity index (χ4v) is 13.2. The average molecular weight is 858 g/mol. The van der Waals surface area contributed by atoms with Crippen molar-refractivity contribution in [1.29, 1.82) is 0 Å². The minimum atomic E-state index is 0.0321. The van der Waals surface area contributed by atoms with Crippen LogP contribution in [0.5, 0.6) is 0 Å². The summed E-state index contributed by atoms with van der Waals surface area (Å²) in [6.07, 6.45) is 0. The molecule has 0 amide bonds. The molecule has 3 aliphatic rings. The van der Waals surface area contributed by atoms with E-state index < -0.39 is 0 Å². The molecule has 68 heavy (non-hydrogen) atoms. The summed E-state index contributed by atoms with van der Waals surface area (Å²) in [7, 11) is 0. The Morgan fingerprint density at radius 2 is 0.853 bits per heavy atom. The molecular weight excluding hydrogens is 822 g/mol. The molecule has 0 radical (unpaired) electrons. The molecule has 14 aromatic rings. The maximum Gasteiger partial charge on any atom is 0.252 e. The summed E-state index contributed by atoms with van der Waals surface area (Å²) in [6, 6.07) is 82.5. The standard InChI is InChI=1S/C64H36BN3/c1-3-13-37(14-4-1)40-26-30-54-49(33-40)50-34-41(38-15-5-2-6-16-38)27-31-55(50)66(54)42-35-57-62-58(36-42)68-56-32-25-39-17-11-21-46-43-18-7-8-19-44(43)47-28-29-52(64(68)60(47)61(56)59(39)46)65(62)51-23-12-22-48-45-20-9-10-24-53(45)67(57)63(48)51/h1-36H. The van der Waals surface area contributed by atoms with Gasteiger partial charge in [0.25, 0.3) is 6.71 Å². The van der Waals surface area contributed by atoms with E-state index >= 15 is 0 Å². The molecule has 4 heteroatoms. The Morgan fingerprint density at radius 1 is 0.294 bits per heavy atom. The van der Waals surface area contributed by atoms with Gasteiger partial charge in [0.1, 0.15) is 0 Å². The van der Waals surface area contributed by atoms with Crippen molar-refractivity contribution in [3.05, 3.63) is 218 Å². The van der Waals surface area contributed by atoms with Crippen molar-refractivity contribution in [2.75, 3.05) is 0 Å². The van der Waals surface area contributed by atoms with Crippen molar-refractivity contribution in [3.8, 4) is 61.6 Å². The third kappa shape index (κ3) is 4.28. The molecule has 11 aromatic carbocycles. The van der Waals surface area contributed by atoms with Crippen LogP contribution in [-0.4, -0.2) is 20.4 Å². The van der Waals surface area contributed by atoms with E-state index in [0.717, 1.165) is 5.69 Å². The lowest BCUT2D eigenvalue weighted by Gasteiger charge is -2.34. The first-order valence-corrected chi connectivity index (χ1v) is 23.8. The zero-order chi connectivity index (χ0) is 43.9. The molecule has 0 fully saturated rings. The number of aromatic nitrogens is 3. The second-order valence-electron chi connectivity index (χ2n) is 19.1. The Kier molecular flexibility index (Phi) is 6.52. The van der Waals surface area contributed by atoms with Gasteiger partial charge in [-0.15, -0.1) is 0 Å². The highest BCUT2D eigenvalue weighted by molar-refractivity contribution is 7.00. The first kappa shape index (κ1) is 35.4. The number of benzene rings is 11. The van der Waals surface area contributed by atoms with Gasteiger partial charge in [-0.1, -0.05) is 170 Å². The summed E-state index contributed by atoms with van der Waals surface area (Å²) in [5.74, 6) is 0. The minimum absolute atomic E-state index is 0.0321. The maximum atomic E-state index is 2.66. The SMILES string of the molecule is c1ccc(-c2ccc3c(c2)c2cc(-c4ccccc4)ccc2n3-c2cc3c4c(c2)-n2c5ccc6cccc7c6c5c5c(ccc(c52)B4c2cccc4c5ccccc5n-3c24)-c2ccccc2-7)cc1. The van der Waals surface area contributed by atoms with Crippen LogP contribution in [0.3, 0.4) is 0 Å². The summed E-state index contributed by atoms with van der Waals surface area (Å²) in [5, 5.41) is 10.4. The molecule has 0 saturated heterocycles. The molecule has 0 spiro atoms. The maximum absolute atomic E-state index is 2.66. The third-order valence-electron chi connectivity index (χ3n) is 15.9. The highest BCUT2D eigenvalue weighted by Crippen LogP contribution is 2.51. The molecule has 0 atom stereocenters. The van der Waals surface area contributed by atoms with Crippen molar-refractivity contribution >= 4 is 99.3 Å². The molecule has 0 unspecified atom stereocenters. The van der Waals surface area contributed by atoms with Gasteiger partial charge in [0.2, 0.25) is 0 Å². The van der Waals surface area contributed by atoms with Crippen LogP contribution in [-0.2, 0) is 0 Å². The summed E-state index contributed by atoms with van der Waals surface area (Å²) in [6.45, 7) is 0.0321. The predicted octanol–water partition coefficient (Wildman–Crippen LogP) is 14.3. The van der Waals surface area contributed by atoms with E-state index in [1.807, 2.05) is 0 Å². The summed E-state index contributed by atoms with van der Waals surface area (Å²) < 4.78 is 7.81. The minimum Gasteiger partial charge on any atom is -0.310 e. The lowest BCUT2D eigenvalue weighted by molar-refractivity contribution is 1.10. The quantitative estimate of drug-likeness (QED) is 0.157. The van der Waals surface area contributed by atoms with Gasteiger partial charge in [0.05, 0.1) is 33.3 Å². The van der Waals surface area contributed by atoms with Crippen molar-refractivity contribution < 1.29 is 0 Å². The molecule has 3 aromatic heterocycles. The van der Waals surface area contributed by atoms with Crippen LogP contribution in [0.25, 0.3) is 138 Å². The van der Waals surface area contributed by atoms with Crippen LogP contribution in [0.2, 0.25) is 0 Å². The number of hydrogen-bond acceptors (Lipinski definition) is 0. The first-order valence-electron chi connectivity index (χ1n) is 23.8. The zero-order valence-corrected chi connectivity index (χ0v) is 36.7. The number of rotatable bonds is 3. The van der Waals surface area contributed by atoms with E-state index in [0.29, 0.717) is 0 Å². The molecule has 1 aliphatic carbocycles. The molecule has 310 valence electrons. The largest absolute Gasteiger partial charge is 0.310 e. The Morgan fingerprint density at radius 3 is 1.57 bits per heavy atom. The van der Waals surface area contributed by atoms with Crippen molar-refractivity contribution in [3.63, 3.8) is 0 Å². The highest BCUT2D eigenvalue weighted by atomic mass is 15.1.